The third-order valence-electron chi connectivity index (χ3n) is 4.65. The van der Waals surface area contributed by atoms with E-state index in [1.165, 1.54) is 0 Å². The van der Waals surface area contributed by atoms with Gasteiger partial charge in [-0.05, 0) is 80.4 Å². The number of carbonyl (C=O) groups excluding carboxylic acids is 1. The normalized spacial score (nSPS) is 11.2. The molecule has 3 heterocycles. The Morgan fingerprint density at radius 1 is 0.710 bits per heavy atom. The molecule has 1 N–H and O–H groups in total. The van der Waals surface area contributed by atoms with Crippen molar-refractivity contribution in [3.8, 4) is 33.9 Å². The monoisotopic (exact) mass is 408 g/mol. The first-order valence-electron chi connectivity index (χ1n) is 10.2. The standard InChI is InChI=1S/C26H24N4O/c1-26(2,3)30-25(31)19-12-10-18(11-13-19)20-16-23(21-8-4-6-14-27-21)29-24(17-20)22-9-5-7-15-28-22/h4-17H,1-3H3,(H,30,31). The molecule has 0 spiro atoms. The van der Waals surface area contributed by atoms with Crippen molar-refractivity contribution in [2.24, 2.45) is 0 Å². The highest BCUT2D eigenvalue weighted by atomic mass is 16.1. The lowest BCUT2D eigenvalue weighted by Crippen LogP contribution is -2.40. The van der Waals surface area contributed by atoms with Gasteiger partial charge in [-0.2, -0.15) is 0 Å². The van der Waals surface area contributed by atoms with Gasteiger partial charge in [-0.3, -0.25) is 14.8 Å². The Morgan fingerprint density at radius 2 is 1.26 bits per heavy atom. The molecule has 1 aromatic carbocycles. The van der Waals surface area contributed by atoms with Gasteiger partial charge in [0.15, 0.2) is 0 Å². The molecular formula is C26H24N4O. The van der Waals surface area contributed by atoms with Crippen molar-refractivity contribution in [3.63, 3.8) is 0 Å². The lowest BCUT2D eigenvalue weighted by atomic mass is 10.0. The number of nitrogens with one attached hydrogen (secondary N) is 1. The summed E-state index contributed by atoms with van der Waals surface area (Å²) < 4.78 is 0. The lowest BCUT2D eigenvalue weighted by Gasteiger charge is -2.20. The minimum absolute atomic E-state index is 0.0860. The zero-order valence-corrected chi connectivity index (χ0v) is 17.8. The Hall–Kier alpha value is -3.86. The maximum absolute atomic E-state index is 12.4. The first-order valence-corrected chi connectivity index (χ1v) is 10.2. The molecule has 0 aliphatic carbocycles. The van der Waals surface area contributed by atoms with Gasteiger partial charge < -0.3 is 5.32 Å². The van der Waals surface area contributed by atoms with Crippen LogP contribution in [0.15, 0.2) is 85.2 Å². The minimum atomic E-state index is -0.282. The summed E-state index contributed by atoms with van der Waals surface area (Å²) in [5.74, 6) is -0.0860. The summed E-state index contributed by atoms with van der Waals surface area (Å²) in [5, 5.41) is 2.99. The molecule has 0 radical (unpaired) electrons. The van der Waals surface area contributed by atoms with E-state index >= 15 is 0 Å². The zero-order chi connectivity index (χ0) is 21.8. The lowest BCUT2D eigenvalue weighted by molar-refractivity contribution is 0.0919. The number of hydrogen-bond donors (Lipinski definition) is 1. The Labute approximate surface area is 182 Å². The summed E-state index contributed by atoms with van der Waals surface area (Å²) in [5.41, 5.74) is 5.45. The van der Waals surface area contributed by atoms with Crippen LogP contribution in [0, 0.1) is 0 Å². The fourth-order valence-electron chi connectivity index (χ4n) is 3.22. The summed E-state index contributed by atoms with van der Waals surface area (Å²) in [4.78, 5) is 26.2. The van der Waals surface area contributed by atoms with Crippen LogP contribution in [0.1, 0.15) is 31.1 Å². The third kappa shape index (κ3) is 5.01. The van der Waals surface area contributed by atoms with Gasteiger partial charge in [0.05, 0.1) is 22.8 Å². The van der Waals surface area contributed by atoms with Crippen LogP contribution in [0.3, 0.4) is 0 Å². The molecule has 5 heteroatoms. The topological polar surface area (TPSA) is 67.8 Å². The molecule has 0 saturated carbocycles. The predicted molar refractivity (Wildman–Crippen MR) is 123 cm³/mol. The molecular weight excluding hydrogens is 384 g/mol. The highest BCUT2D eigenvalue weighted by Gasteiger charge is 2.16. The van der Waals surface area contributed by atoms with Crippen molar-refractivity contribution >= 4 is 5.91 Å². The molecule has 1 amide bonds. The van der Waals surface area contributed by atoms with Crippen LogP contribution in [0.5, 0.6) is 0 Å². The smallest absolute Gasteiger partial charge is 0.251 e. The van der Waals surface area contributed by atoms with Crippen molar-refractivity contribution in [1.29, 1.82) is 0 Å². The second-order valence-corrected chi connectivity index (χ2v) is 8.34. The van der Waals surface area contributed by atoms with Crippen LogP contribution < -0.4 is 5.32 Å². The molecule has 154 valence electrons. The molecule has 0 aliphatic heterocycles. The SMILES string of the molecule is CC(C)(C)NC(=O)c1ccc(-c2cc(-c3ccccn3)nc(-c3ccccn3)c2)cc1. The van der Waals surface area contributed by atoms with Gasteiger partial charge in [-0.25, -0.2) is 4.98 Å². The van der Waals surface area contributed by atoms with E-state index < -0.39 is 0 Å². The van der Waals surface area contributed by atoms with E-state index in [9.17, 15) is 4.79 Å². The fourth-order valence-corrected chi connectivity index (χ4v) is 3.22. The van der Waals surface area contributed by atoms with Crippen LogP contribution >= 0.6 is 0 Å². The molecule has 4 aromatic rings. The van der Waals surface area contributed by atoms with Gasteiger partial charge in [0, 0.05) is 23.5 Å². The van der Waals surface area contributed by atoms with Crippen LogP contribution in [0.25, 0.3) is 33.9 Å². The Bertz CT molecular complexity index is 1120. The third-order valence-corrected chi connectivity index (χ3v) is 4.65. The molecule has 0 bridgehead atoms. The van der Waals surface area contributed by atoms with E-state index in [1.54, 1.807) is 12.4 Å². The fraction of sp³-hybridized carbons (Fsp3) is 0.154. The predicted octanol–water partition coefficient (Wildman–Crippen LogP) is 5.40. The number of hydrogen-bond acceptors (Lipinski definition) is 4. The summed E-state index contributed by atoms with van der Waals surface area (Å²) in [7, 11) is 0. The molecule has 3 aromatic heterocycles. The van der Waals surface area contributed by atoms with E-state index in [4.69, 9.17) is 4.98 Å². The van der Waals surface area contributed by atoms with Crippen molar-refractivity contribution < 1.29 is 4.79 Å². The van der Waals surface area contributed by atoms with Gasteiger partial charge in [0.25, 0.3) is 5.91 Å². The second kappa shape index (κ2) is 8.48. The summed E-state index contributed by atoms with van der Waals surface area (Å²) >= 11 is 0. The average molecular weight is 409 g/mol. The Balaban J connectivity index is 1.75. The summed E-state index contributed by atoms with van der Waals surface area (Å²) in [6.07, 6.45) is 3.51. The quantitative estimate of drug-likeness (QED) is 0.491. The highest BCUT2D eigenvalue weighted by Crippen LogP contribution is 2.29. The molecule has 0 saturated heterocycles. The molecule has 0 unspecified atom stereocenters. The van der Waals surface area contributed by atoms with Gasteiger partial charge in [-0.1, -0.05) is 24.3 Å². The van der Waals surface area contributed by atoms with Crippen LogP contribution in [0.2, 0.25) is 0 Å². The Morgan fingerprint density at radius 3 is 1.71 bits per heavy atom. The van der Waals surface area contributed by atoms with E-state index in [-0.39, 0.29) is 11.4 Å². The van der Waals surface area contributed by atoms with Crippen molar-refractivity contribution in [2.75, 3.05) is 0 Å². The first-order chi connectivity index (χ1) is 14.9. The molecule has 4 rings (SSSR count). The van der Waals surface area contributed by atoms with Crippen molar-refractivity contribution in [3.05, 3.63) is 90.8 Å². The highest BCUT2D eigenvalue weighted by molar-refractivity contribution is 5.95. The minimum Gasteiger partial charge on any atom is -0.347 e. The number of amides is 1. The molecule has 0 fully saturated rings. The van der Waals surface area contributed by atoms with Gasteiger partial charge in [-0.15, -0.1) is 0 Å². The number of rotatable bonds is 4. The van der Waals surface area contributed by atoms with Crippen molar-refractivity contribution in [2.45, 2.75) is 26.3 Å². The maximum atomic E-state index is 12.4. The summed E-state index contributed by atoms with van der Waals surface area (Å²) in [6, 6.07) is 23.2. The van der Waals surface area contributed by atoms with Gasteiger partial charge in [0.1, 0.15) is 0 Å². The zero-order valence-electron chi connectivity index (χ0n) is 17.8. The maximum Gasteiger partial charge on any atom is 0.251 e. The molecule has 31 heavy (non-hydrogen) atoms. The van der Waals surface area contributed by atoms with Crippen molar-refractivity contribution in [1.82, 2.24) is 20.3 Å². The summed E-state index contributed by atoms with van der Waals surface area (Å²) in [6.45, 7) is 5.90. The van der Waals surface area contributed by atoms with Gasteiger partial charge in [0.2, 0.25) is 0 Å². The number of carbonyl (C=O) groups is 1. The number of benzene rings is 1. The largest absolute Gasteiger partial charge is 0.347 e. The van der Waals surface area contributed by atoms with E-state index in [0.29, 0.717) is 5.56 Å². The molecule has 0 aliphatic rings. The van der Waals surface area contributed by atoms with E-state index in [2.05, 4.69) is 15.3 Å². The number of pyridine rings is 3. The first kappa shape index (κ1) is 20.4. The number of aromatic nitrogens is 3. The van der Waals surface area contributed by atoms with Crippen LogP contribution in [-0.4, -0.2) is 26.4 Å². The number of nitrogens with zero attached hydrogens (tertiary/aromatic N) is 3. The van der Waals surface area contributed by atoms with Gasteiger partial charge >= 0.3 is 0 Å². The molecule has 5 nitrogen and oxygen atoms in total. The van der Waals surface area contributed by atoms with E-state index in [1.807, 2.05) is 93.6 Å². The van der Waals surface area contributed by atoms with E-state index in [0.717, 1.165) is 33.9 Å². The van der Waals surface area contributed by atoms with Crippen LogP contribution in [-0.2, 0) is 0 Å². The van der Waals surface area contributed by atoms with Crippen LogP contribution in [0.4, 0.5) is 0 Å². The average Bonchev–Trinajstić information content (AvgIpc) is 2.79. The second-order valence-electron chi connectivity index (χ2n) is 8.34. The molecule has 0 atom stereocenters. The Kier molecular flexibility index (Phi) is 5.58.